The summed E-state index contributed by atoms with van der Waals surface area (Å²) in [5.41, 5.74) is 8.26. The van der Waals surface area contributed by atoms with Gasteiger partial charge in [-0.1, -0.05) is 91.0 Å². The Labute approximate surface area is 163 Å². The average Bonchev–Trinajstić information content (AvgIpc) is 2.79. The van der Waals surface area contributed by atoms with Crippen molar-refractivity contribution in [2.45, 2.75) is 6.92 Å². The molecule has 5 nitrogen and oxygen atoms in total. The first-order valence-electron chi connectivity index (χ1n) is 9.02. The Morgan fingerprint density at radius 1 is 0.679 bits per heavy atom. The van der Waals surface area contributed by atoms with Crippen molar-refractivity contribution in [3.05, 3.63) is 96.6 Å². The van der Waals surface area contributed by atoms with Crippen LogP contribution in [-0.2, 0) is 0 Å². The van der Waals surface area contributed by atoms with Crippen molar-refractivity contribution in [2.75, 3.05) is 5.43 Å². The zero-order valence-electron chi connectivity index (χ0n) is 15.4. The van der Waals surface area contributed by atoms with Crippen LogP contribution >= 0.6 is 0 Å². The van der Waals surface area contributed by atoms with Gasteiger partial charge in [-0.15, -0.1) is 10.2 Å². The van der Waals surface area contributed by atoms with Gasteiger partial charge in [0.1, 0.15) is 11.4 Å². The number of benzene rings is 3. The highest BCUT2D eigenvalue weighted by molar-refractivity contribution is 5.98. The molecule has 0 amide bonds. The summed E-state index contributed by atoms with van der Waals surface area (Å²) in [5, 5.41) is 13.1. The van der Waals surface area contributed by atoms with Gasteiger partial charge in [0.2, 0.25) is 0 Å². The van der Waals surface area contributed by atoms with Crippen molar-refractivity contribution in [3.8, 4) is 22.5 Å². The minimum Gasteiger partial charge on any atom is -0.244 e. The molecule has 0 radical (unpaired) electrons. The minimum atomic E-state index is 0.355. The summed E-state index contributed by atoms with van der Waals surface area (Å²) in [6.45, 7) is 1.94. The lowest BCUT2D eigenvalue weighted by Gasteiger charge is -2.09. The third-order valence-electron chi connectivity index (χ3n) is 4.30. The summed E-state index contributed by atoms with van der Waals surface area (Å²) >= 11 is 0. The Bertz CT molecular complexity index is 1080. The highest BCUT2D eigenvalue weighted by Crippen LogP contribution is 2.28. The van der Waals surface area contributed by atoms with Gasteiger partial charge in [0, 0.05) is 11.1 Å². The van der Waals surface area contributed by atoms with Crippen molar-refractivity contribution in [1.82, 2.24) is 15.2 Å². The fourth-order valence-electron chi connectivity index (χ4n) is 2.84. The fourth-order valence-corrected chi connectivity index (χ4v) is 2.84. The van der Waals surface area contributed by atoms with Crippen LogP contribution in [0.25, 0.3) is 22.5 Å². The summed E-state index contributed by atoms with van der Waals surface area (Å²) in [5.74, 6) is 0.355. The van der Waals surface area contributed by atoms with E-state index in [1.807, 2.05) is 97.9 Å². The first-order valence-corrected chi connectivity index (χ1v) is 9.02. The summed E-state index contributed by atoms with van der Waals surface area (Å²) in [4.78, 5) is 4.69. The number of nitrogens with one attached hydrogen (secondary N) is 1. The Morgan fingerprint density at radius 3 is 1.82 bits per heavy atom. The van der Waals surface area contributed by atoms with E-state index in [1.165, 1.54) is 0 Å². The number of rotatable bonds is 5. The van der Waals surface area contributed by atoms with E-state index in [0.717, 1.165) is 33.8 Å². The van der Waals surface area contributed by atoms with E-state index in [9.17, 15) is 0 Å². The van der Waals surface area contributed by atoms with Crippen LogP contribution < -0.4 is 5.43 Å². The first-order chi connectivity index (χ1) is 13.8. The van der Waals surface area contributed by atoms with E-state index < -0.39 is 0 Å². The lowest BCUT2D eigenvalue weighted by molar-refractivity contribution is 0.972. The van der Waals surface area contributed by atoms with E-state index in [0.29, 0.717) is 5.95 Å². The number of anilines is 1. The van der Waals surface area contributed by atoms with Gasteiger partial charge >= 0.3 is 0 Å². The third-order valence-corrected chi connectivity index (χ3v) is 4.30. The Morgan fingerprint density at radius 2 is 1.21 bits per heavy atom. The van der Waals surface area contributed by atoms with Crippen LogP contribution in [0.1, 0.15) is 12.5 Å². The van der Waals surface area contributed by atoms with Crippen LogP contribution in [0.15, 0.2) is 96.1 Å². The van der Waals surface area contributed by atoms with Gasteiger partial charge < -0.3 is 0 Å². The molecular formula is C23H19N5. The van der Waals surface area contributed by atoms with Gasteiger partial charge in [-0.3, -0.25) is 0 Å². The molecule has 0 unspecified atom stereocenters. The van der Waals surface area contributed by atoms with Crippen LogP contribution in [0.3, 0.4) is 0 Å². The number of aromatic nitrogens is 3. The zero-order chi connectivity index (χ0) is 19.2. The molecule has 1 heterocycles. The maximum absolute atomic E-state index is 4.69. The monoisotopic (exact) mass is 365 g/mol. The molecule has 0 aliphatic rings. The van der Waals surface area contributed by atoms with Crippen LogP contribution in [0.4, 0.5) is 5.95 Å². The number of hydrogen-bond acceptors (Lipinski definition) is 5. The van der Waals surface area contributed by atoms with Gasteiger partial charge in [0.25, 0.3) is 5.95 Å². The fraction of sp³-hybridized carbons (Fsp3) is 0.0435. The minimum absolute atomic E-state index is 0.355. The molecule has 4 rings (SSSR count). The quantitative estimate of drug-likeness (QED) is 0.397. The molecule has 0 saturated carbocycles. The highest BCUT2D eigenvalue weighted by atomic mass is 15.4. The van der Waals surface area contributed by atoms with Crippen molar-refractivity contribution >= 4 is 11.7 Å². The van der Waals surface area contributed by atoms with Gasteiger partial charge in [0.05, 0.1) is 5.71 Å². The molecule has 0 bridgehead atoms. The predicted octanol–water partition coefficient (Wildman–Crippen LogP) is 5.04. The lowest BCUT2D eigenvalue weighted by atomic mass is 10.0. The van der Waals surface area contributed by atoms with Crippen molar-refractivity contribution in [1.29, 1.82) is 0 Å². The maximum atomic E-state index is 4.69. The molecule has 0 aliphatic heterocycles. The molecule has 5 heteroatoms. The molecule has 0 fully saturated rings. The molecule has 0 aliphatic carbocycles. The normalized spacial score (nSPS) is 11.2. The Kier molecular flexibility index (Phi) is 5.15. The number of nitrogens with zero attached hydrogens (tertiary/aromatic N) is 4. The Hall–Kier alpha value is -3.86. The van der Waals surface area contributed by atoms with Crippen molar-refractivity contribution < 1.29 is 0 Å². The standard InChI is InChI=1S/C23H19N5/c1-17(18-11-5-2-6-12-18)25-27-23-24-21(19-13-7-3-8-14-19)22(26-28-23)20-15-9-4-10-16-20/h2-16H,1H3,(H,24,27,28)/b25-17-. The van der Waals surface area contributed by atoms with E-state index in [-0.39, 0.29) is 0 Å². The molecule has 28 heavy (non-hydrogen) atoms. The summed E-state index contributed by atoms with van der Waals surface area (Å²) in [7, 11) is 0. The smallest absolute Gasteiger partial charge is 0.244 e. The second-order valence-electron chi connectivity index (χ2n) is 6.24. The van der Waals surface area contributed by atoms with E-state index >= 15 is 0 Å². The SMILES string of the molecule is C/C(=N/Nc1nnc(-c2ccccc2)c(-c2ccccc2)n1)c1ccccc1. The largest absolute Gasteiger partial charge is 0.263 e. The van der Waals surface area contributed by atoms with Crippen molar-refractivity contribution in [3.63, 3.8) is 0 Å². The van der Waals surface area contributed by atoms with Crippen molar-refractivity contribution in [2.24, 2.45) is 5.10 Å². The third kappa shape index (κ3) is 3.94. The molecule has 3 aromatic carbocycles. The molecular weight excluding hydrogens is 346 g/mol. The van der Waals surface area contributed by atoms with Gasteiger partial charge in [0.15, 0.2) is 0 Å². The van der Waals surface area contributed by atoms with E-state index in [2.05, 4.69) is 20.7 Å². The summed E-state index contributed by atoms with van der Waals surface area (Å²) in [6, 6.07) is 29.9. The topological polar surface area (TPSA) is 63.1 Å². The van der Waals surface area contributed by atoms with Crippen LogP contribution in [0.5, 0.6) is 0 Å². The molecule has 4 aromatic rings. The van der Waals surface area contributed by atoms with E-state index in [1.54, 1.807) is 0 Å². The average molecular weight is 365 g/mol. The number of hydrazone groups is 1. The van der Waals surface area contributed by atoms with Crippen LogP contribution in [0, 0.1) is 0 Å². The number of hydrogen-bond donors (Lipinski definition) is 1. The summed E-state index contributed by atoms with van der Waals surface area (Å²) < 4.78 is 0. The van der Waals surface area contributed by atoms with Crippen LogP contribution in [-0.4, -0.2) is 20.9 Å². The molecule has 1 N–H and O–H groups in total. The second kappa shape index (κ2) is 8.22. The Balaban J connectivity index is 1.71. The molecule has 0 atom stereocenters. The first kappa shape index (κ1) is 17.5. The van der Waals surface area contributed by atoms with Gasteiger partial charge in [-0.25, -0.2) is 10.4 Å². The summed E-state index contributed by atoms with van der Waals surface area (Å²) in [6.07, 6.45) is 0. The molecule has 136 valence electrons. The van der Waals surface area contributed by atoms with E-state index in [4.69, 9.17) is 4.98 Å². The second-order valence-corrected chi connectivity index (χ2v) is 6.24. The van der Waals surface area contributed by atoms with Gasteiger partial charge in [-0.05, 0) is 12.5 Å². The zero-order valence-corrected chi connectivity index (χ0v) is 15.4. The maximum Gasteiger partial charge on any atom is 0.263 e. The highest BCUT2D eigenvalue weighted by Gasteiger charge is 2.13. The lowest BCUT2D eigenvalue weighted by Crippen LogP contribution is -2.05. The predicted molar refractivity (Wildman–Crippen MR) is 113 cm³/mol. The molecule has 0 spiro atoms. The van der Waals surface area contributed by atoms with Crippen LogP contribution in [0.2, 0.25) is 0 Å². The molecule has 0 saturated heterocycles. The van der Waals surface area contributed by atoms with Gasteiger partial charge in [-0.2, -0.15) is 5.10 Å². The molecule has 1 aromatic heterocycles.